The van der Waals surface area contributed by atoms with E-state index >= 15 is 0 Å². The van der Waals surface area contributed by atoms with E-state index in [0.29, 0.717) is 36.7 Å². The second kappa shape index (κ2) is 9.38. The Bertz CT molecular complexity index is 1040. The highest BCUT2D eigenvalue weighted by Gasteiger charge is 2.39. The van der Waals surface area contributed by atoms with Crippen LogP contribution in [0.25, 0.3) is 0 Å². The number of hydrogen-bond donors (Lipinski definition) is 2. The average molecular weight is 461 g/mol. The van der Waals surface area contributed by atoms with E-state index in [9.17, 15) is 22.8 Å². The third-order valence-corrected chi connectivity index (χ3v) is 5.96. The van der Waals surface area contributed by atoms with Crippen LogP contribution in [0.4, 0.5) is 24.7 Å². The third-order valence-electron chi connectivity index (χ3n) is 5.96. The number of alkyl halides is 3. The average Bonchev–Trinajstić information content (AvgIpc) is 2.78. The number of aromatic nitrogens is 1. The van der Waals surface area contributed by atoms with Crippen LogP contribution >= 0.6 is 0 Å². The van der Waals surface area contributed by atoms with E-state index in [-0.39, 0.29) is 30.5 Å². The molecule has 1 aromatic carbocycles. The van der Waals surface area contributed by atoms with Crippen molar-refractivity contribution in [2.24, 2.45) is 0 Å². The first-order chi connectivity index (χ1) is 15.8. The van der Waals surface area contributed by atoms with Crippen LogP contribution in [0, 0.1) is 0 Å². The van der Waals surface area contributed by atoms with E-state index in [1.165, 1.54) is 18.3 Å². The van der Waals surface area contributed by atoms with Gasteiger partial charge in [-0.25, -0.2) is 4.98 Å². The summed E-state index contributed by atoms with van der Waals surface area (Å²) in [5.74, 6) is 0.0602. The first kappa shape index (κ1) is 23.0. The predicted octanol–water partition coefficient (Wildman–Crippen LogP) is 3.27. The molecular weight excluding hydrogens is 435 g/mol. The normalized spacial score (nSPS) is 18.4. The van der Waals surface area contributed by atoms with Crippen LogP contribution < -0.4 is 15.5 Å². The molecule has 0 radical (unpaired) electrons. The molecule has 1 saturated heterocycles. The van der Waals surface area contributed by atoms with Crippen molar-refractivity contribution in [2.75, 3.05) is 36.4 Å². The lowest BCUT2D eigenvalue weighted by Crippen LogP contribution is -2.60. The number of nitrogens with zero attached hydrogens (tertiary/aromatic N) is 3. The number of halogens is 3. The lowest BCUT2D eigenvalue weighted by Gasteiger charge is -2.44. The Balaban J connectivity index is 1.48. The fourth-order valence-electron chi connectivity index (χ4n) is 4.24. The molecule has 10 heteroatoms. The Kier molecular flexibility index (Phi) is 6.55. The van der Waals surface area contributed by atoms with E-state index in [1.807, 2.05) is 16.7 Å². The standard InChI is InChI=1S/C23H26F3N5O2/c1-2-3-8-27-21(32)16-11-18-20(28-12-16)31-10-9-30(14-19(31)22(33)29-18)13-15-6-4-5-7-17(15)23(24,25)26/h4-7,11-12,19H,2-3,8-10,13-14H2,1H3,(H,27,32)(H,29,33). The summed E-state index contributed by atoms with van der Waals surface area (Å²) in [5, 5.41) is 5.64. The van der Waals surface area contributed by atoms with Gasteiger partial charge in [0.25, 0.3) is 5.91 Å². The van der Waals surface area contributed by atoms with Gasteiger partial charge in [-0.2, -0.15) is 13.2 Å². The summed E-state index contributed by atoms with van der Waals surface area (Å²) in [6.07, 6.45) is -1.10. The molecule has 2 aromatic rings. The summed E-state index contributed by atoms with van der Waals surface area (Å²) in [6.45, 7) is 3.90. The minimum atomic E-state index is -4.43. The van der Waals surface area contributed by atoms with Gasteiger partial charge in [0.05, 0.1) is 16.8 Å². The molecule has 1 unspecified atom stereocenters. The number of fused-ring (bicyclic) bond motifs is 3. The number of pyridine rings is 1. The monoisotopic (exact) mass is 461 g/mol. The molecule has 1 atom stereocenters. The zero-order chi connectivity index (χ0) is 23.6. The van der Waals surface area contributed by atoms with E-state index in [4.69, 9.17) is 0 Å². The zero-order valence-electron chi connectivity index (χ0n) is 18.3. The molecule has 4 rings (SSSR count). The highest BCUT2D eigenvalue weighted by molar-refractivity contribution is 6.05. The van der Waals surface area contributed by atoms with E-state index in [1.54, 1.807) is 12.1 Å². The molecule has 2 N–H and O–H groups in total. The molecule has 7 nitrogen and oxygen atoms in total. The first-order valence-electron chi connectivity index (χ1n) is 11.0. The van der Waals surface area contributed by atoms with Gasteiger partial charge in [-0.3, -0.25) is 14.5 Å². The highest BCUT2D eigenvalue weighted by Crippen LogP contribution is 2.35. The van der Waals surface area contributed by atoms with Crippen LogP contribution in [0.2, 0.25) is 0 Å². The number of anilines is 2. The summed E-state index contributed by atoms with van der Waals surface area (Å²) < 4.78 is 40.0. The maximum atomic E-state index is 13.3. The van der Waals surface area contributed by atoms with Crippen molar-refractivity contribution in [2.45, 2.75) is 38.5 Å². The van der Waals surface area contributed by atoms with Crippen LogP contribution in [0.5, 0.6) is 0 Å². The molecule has 1 fully saturated rings. The molecule has 0 aliphatic carbocycles. The van der Waals surface area contributed by atoms with Gasteiger partial charge in [-0.1, -0.05) is 31.5 Å². The molecule has 2 aliphatic heterocycles. The number of rotatable bonds is 6. The van der Waals surface area contributed by atoms with Gasteiger partial charge in [0, 0.05) is 38.9 Å². The molecule has 2 aliphatic rings. The van der Waals surface area contributed by atoms with Crippen LogP contribution in [0.1, 0.15) is 41.3 Å². The summed E-state index contributed by atoms with van der Waals surface area (Å²) in [5.41, 5.74) is 0.366. The van der Waals surface area contributed by atoms with Crippen molar-refractivity contribution in [3.63, 3.8) is 0 Å². The number of carbonyl (C=O) groups excluding carboxylic acids is 2. The lowest BCUT2D eigenvalue weighted by molar-refractivity contribution is -0.138. The van der Waals surface area contributed by atoms with Crippen LogP contribution in [0.15, 0.2) is 36.5 Å². The molecule has 0 spiro atoms. The molecular formula is C23H26F3N5O2. The van der Waals surface area contributed by atoms with Gasteiger partial charge >= 0.3 is 6.18 Å². The Labute approximate surface area is 190 Å². The van der Waals surface area contributed by atoms with Crippen LogP contribution in [0.3, 0.4) is 0 Å². The fourth-order valence-corrected chi connectivity index (χ4v) is 4.24. The zero-order valence-corrected chi connectivity index (χ0v) is 18.3. The van der Waals surface area contributed by atoms with Crippen molar-refractivity contribution >= 4 is 23.3 Å². The van der Waals surface area contributed by atoms with Crippen molar-refractivity contribution in [3.05, 3.63) is 53.2 Å². The van der Waals surface area contributed by atoms with Crippen molar-refractivity contribution in [1.82, 2.24) is 15.2 Å². The van der Waals surface area contributed by atoms with Gasteiger partial charge in [-0.15, -0.1) is 0 Å². The van der Waals surface area contributed by atoms with Crippen LogP contribution in [-0.2, 0) is 17.5 Å². The third kappa shape index (κ3) is 4.95. The van der Waals surface area contributed by atoms with Crippen molar-refractivity contribution in [1.29, 1.82) is 0 Å². The SMILES string of the molecule is CCCCNC(=O)c1cnc2c(c1)NC(=O)C1CN(Cc3ccccc3C(F)(F)F)CCN21. The molecule has 33 heavy (non-hydrogen) atoms. The second-order valence-corrected chi connectivity index (χ2v) is 8.29. The highest BCUT2D eigenvalue weighted by atomic mass is 19.4. The number of piperazine rings is 1. The summed E-state index contributed by atoms with van der Waals surface area (Å²) in [6, 6.07) is 6.56. The molecule has 3 heterocycles. The quantitative estimate of drug-likeness (QED) is 0.646. The minimum absolute atomic E-state index is 0.102. The second-order valence-electron chi connectivity index (χ2n) is 8.29. The van der Waals surface area contributed by atoms with Gasteiger partial charge < -0.3 is 15.5 Å². The Morgan fingerprint density at radius 3 is 2.82 bits per heavy atom. The van der Waals surface area contributed by atoms with Crippen molar-refractivity contribution in [3.8, 4) is 0 Å². The molecule has 176 valence electrons. The number of hydrogen-bond acceptors (Lipinski definition) is 5. The van der Waals surface area contributed by atoms with E-state index < -0.39 is 17.8 Å². The number of carbonyl (C=O) groups is 2. The molecule has 0 bridgehead atoms. The van der Waals surface area contributed by atoms with Crippen LogP contribution in [-0.4, -0.2) is 53.9 Å². The smallest absolute Gasteiger partial charge is 0.352 e. The molecule has 0 saturated carbocycles. The van der Waals surface area contributed by atoms with Crippen molar-refractivity contribution < 1.29 is 22.8 Å². The summed E-state index contributed by atoms with van der Waals surface area (Å²) >= 11 is 0. The van der Waals surface area contributed by atoms with E-state index in [0.717, 1.165) is 18.9 Å². The van der Waals surface area contributed by atoms with Gasteiger partial charge in [0.2, 0.25) is 5.91 Å². The largest absolute Gasteiger partial charge is 0.416 e. The maximum absolute atomic E-state index is 13.3. The fraction of sp³-hybridized carbons (Fsp3) is 0.435. The Morgan fingerprint density at radius 1 is 1.27 bits per heavy atom. The lowest BCUT2D eigenvalue weighted by atomic mass is 10.0. The minimum Gasteiger partial charge on any atom is -0.352 e. The van der Waals surface area contributed by atoms with Gasteiger partial charge in [0.15, 0.2) is 5.82 Å². The van der Waals surface area contributed by atoms with Gasteiger partial charge in [0.1, 0.15) is 6.04 Å². The summed E-state index contributed by atoms with van der Waals surface area (Å²) in [4.78, 5) is 33.3. The topological polar surface area (TPSA) is 77.6 Å². The maximum Gasteiger partial charge on any atom is 0.416 e. The molecule has 2 amide bonds. The number of nitrogens with one attached hydrogen (secondary N) is 2. The first-order valence-corrected chi connectivity index (χ1v) is 11.0. The number of amides is 2. The van der Waals surface area contributed by atoms with E-state index in [2.05, 4.69) is 15.6 Å². The predicted molar refractivity (Wildman–Crippen MR) is 118 cm³/mol. The Morgan fingerprint density at radius 2 is 2.06 bits per heavy atom. The molecule has 1 aromatic heterocycles. The number of unbranched alkanes of at least 4 members (excludes halogenated alkanes) is 1. The Hall–Kier alpha value is -3.14. The van der Waals surface area contributed by atoms with Gasteiger partial charge in [-0.05, 0) is 24.1 Å². The number of benzene rings is 1. The summed E-state index contributed by atoms with van der Waals surface area (Å²) in [7, 11) is 0.